The first kappa shape index (κ1) is 13.3. The average molecular weight is 255 g/mol. The van der Waals surface area contributed by atoms with Crippen molar-refractivity contribution in [3.63, 3.8) is 0 Å². The zero-order valence-corrected chi connectivity index (χ0v) is 10.8. The normalized spacial score (nSPS) is 11.9. The number of rotatable bonds is 4. The van der Waals surface area contributed by atoms with Gasteiger partial charge >= 0.3 is 0 Å². The third kappa shape index (κ3) is 3.66. The first-order chi connectivity index (χ1) is 9.16. The Hall–Kier alpha value is -2.13. The molecule has 19 heavy (non-hydrogen) atoms. The smallest absolute Gasteiger partial charge is 0.227 e. The van der Waals surface area contributed by atoms with Gasteiger partial charge in [0.1, 0.15) is 0 Å². The molecule has 0 bridgehead atoms. The molecule has 0 aromatic heterocycles. The number of anilines is 1. The predicted molar refractivity (Wildman–Crippen MR) is 75.8 cm³/mol. The molecule has 1 amide bonds. The second kappa shape index (κ2) is 6.16. The fourth-order valence-electron chi connectivity index (χ4n) is 1.98. The Morgan fingerprint density at radius 2 is 1.74 bits per heavy atom. The van der Waals surface area contributed by atoms with E-state index in [0.717, 1.165) is 16.8 Å². The lowest BCUT2D eigenvalue weighted by Crippen LogP contribution is -2.15. The zero-order chi connectivity index (χ0) is 13.7. The van der Waals surface area contributed by atoms with E-state index in [1.165, 1.54) is 0 Å². The maximum atomic E-state index is 11.8. The molecular formula is C16H17NO2. The molecule has 98 valence electrons. The van der Waals surface area contributed by atoms with Gasteiger partial charge in [-0.1, -0.05) is 42.5 Å². The van der Waals surface area contributed by atoms with Gasteiger partial charge < -0.3 is 10.4 Å². The molecule has 1 atom stereocenters. The number of hydrogen-bond donors (Lipinski definition) is 2. The topological polar surface area (TPSA) is 49.3 Å². The van der Waals surface area contributed by atoms with Gasteiger partial charge in [-0.2, -0.15) is 0 Å². The van der Waals surface area contributed by atoms with Crippen molar-refractivity contribution in [3.8, 4) is 0 Å². The molecule has 0 heterocycles. The lowest BCUT2D eigenvalue weighted by molar-refractivity contribution is -0.118. The lowest BCUT2D eigenvalue weighted by Gasteiger charge is -2.13. The number of para-hydroxylation sites is 1. The molecule has 2 N–H and O–H groups in total. The van der Waals surface area contributed by atoms with Crippen LogP contribution in [0.25, 0.3) is 0 Å². The molecule has 0 unspecified atom stereocenters. The quantitative estimate of drug-likeness (QED) is 0.882. The molecule has 2 aromatic carbocycles. The minimum absolute atomic E-state index is 0.0553. The maximum absolute atomic E-state index is 11.8. The van der Waals surface area contributed by atoms with Gasteiger partial charge in [-0.25, -0.2) is 0 Å². The highest BCUT2D eigenvalue weighted by Crippen LogP contribution is 2.20. The van der Waals surface area contributed by atoms with Crippen LogP contribution in [0, 0.1) is 6.92 Å². The Bertz CT molecular complexity index is 552. The van der Waals surface area contributed by atoms with Crippen molar-refractivity contribution in [2.45, 2.75) is 19.4 Å². The Labute approximate surface area is 112 Å². The lowest BCUT2D eigenvalue weighted by atomic mass is 10.0. The SMILES string of the molecule is Cc1ccccc1[C@@H](O)CC(=O)Nc1ccccc1. The summed E-state index contributed by atoms with van der Waals surface area (Å²) in [6.45, 7) is 1.92. The zero-order valence-electron chi connectivity index (χ0n) is 10.8. The van der Waals surface area contributed by atoms with Crippen molar-refractivity contribution in [3.05, 3.63) is 65.7 Å². The van der Waals surface area contributed by atoms with Crippen molar-refractivity contribution >= 4 is 11.6 Å². The highest BCUT2D eigenvalue weighted by Gasteiger charge is 2.14. The van der Waals surface area contributed by atoms with Crippen molar-refractivity contribution < 1.29 is 9.90 Å². The second-order valence-electron chi connectivity index (χ2n) is 4.49. The summed E-state index contributed by atoms with van der Waals surface area (Å²) in [6.07, 6.45) is -0.718. The Kier molecular flexibility index (Phi) is 4.31. The summed E-state index contributed by atoms with van der Waals surface area (Å²) in [4.78, 5) is 11.8. The van der Waals surface area contributed by atoms with E-state index >= 15 is 0 Å². The van der Waals surface area contributed by atoms with E-state index in [0.29, 0.717) is 0 Å². The molecule has 3 nitrogen and oxygen atoms in total. The summed E-state index contributed by atoms with van der Waals surface area (Å²) in [5.74, 6) is -0.193. The van der Waals surface area contributed by atoms with E-state index < -0.39 is 6.10 Å². The molecule has 0 saturated carbocycles. The third-order valence-electron chi connectivity index (χ3n) is 2.98. The van der Waals surface area contributed by atoms with Gasteiger partial charge in [0.05, 0.1) is 12.5 Å². The van der Waals surface area contributed by atoms with E-state index in [9.17, 15) is 9.90 Å². The highest BCUT2D eigenvalue weighted by atomic mass is 16.3. The molecular weight excluding hydrogens is 238 g/mol. The molecule has 0 aliphatic carbocycles. The molecule has 2 rings (SSSR count). The van der Waals surface area contributed by atoms with E-state index in [2.05, 4.69) is 5.32 Å². The minimum Gasteiger partial charge on any atom is -0.388 e. The number of nitrogens with one attached hydrogen (secondary N) is 1. The molecule has 2 aromatic rings. The van der Waals surface area contributed by atoms with E-state index in [1.807, 2.05) is 61.5 Å². The van der Waals surface area contributed by atoms with Crippen LogP contribution in [-0.4, -0.2) is 11.0 Å². The first-order valence-electron chi connectivity index (χ1n) is 6.25. The van der Waals surface area contributed by atoms with Crippen LogP contribution in [-0.2, 0) is 4.79 Å². The standard InChI is InChI=1S/C16H17NO2/c1-12-7-5-6-10-14(12)15(18)11-16(19)17-13-8-3-2-4-9-13/h2-10,15,18H,11H2,1H3,(H,17,19)/t15-/m0/s1. The number of hydrogen-bond acceptors (Lipinski definition) is 2. The molecule has 0 saturated heterocycles. The average Bonchev–Trinajstić information content (AvgIpc) is 2.40. The number of carbonyl (C=O) groups is 1. The number of carbonyl (C=O) groups excluding carboxylic acids is 1. The summed E-state index contributed by atoms with van der Waals surface area (Å²) in [6, 6.07) is 16.8. The van der Waals surface area contributed by atoms with Gasteiger partial charge in [0, 0.05) is 5.69 Å². The number of benzene rings is 2. The second-order valence-corrected chi connectivity index (χ2v) is 4.49. The summed E-state index contributed by atoms with van der Waals surface area (Å²) < 4.78 is 0. The van der Waals surface area contributed by atoms with E-state index in [-0.39, 0.29) is 12.3 Å². The summed E-state index contributed by atoms with van der Waals surface area (Å²) in [5.41, 5.74) is 2.53. The minimum atomic E-state index is -0.773. The molecule has 0 aliphatic rings. The summed E-state index contributed by atoms with van der Waals surface area (Å²) in [7, 11) is 0. The highest BCUT2D eigenvalue weighted by molar-refractivity contribution is 5.91. The van der Waals surface area contributed by atoms with Crippen molar-refractivity contribution in [2.75, 3.05) is 5.32 Å². The number of aryl methyl sites for hydroxylation is 1. The van der Waals surface area contributed by atoms with Gasteiger partial charge in [0.25, 0.3) is 0 Å². The maximum Gasteiger partial charge on any atom is 0.227 e. The van der Waals surface area contributed by atoms with Crippen molar-refractivity contribution in [2.24, 2.45) is 0 Å². The van der Waals surface area contributed by atoms with Crippen LogP contribution >= 0.6 is 0 Å². The van der Waals surface area contributed by atoms with Crippen LogP contribution in [0.3, 0.4) is 0 Å². The Morgan fingerprint density at radius 1 is 1.11 bits per heavy atom. The molecule has 3 heteroatoms. The van der Waals surface area contributed by atoms with Crippen molar-refractivity contribution in [1.29, 1.82) is 0 Å². The van der Waals surface area contributed by atoms with Crippen LogP contribution in [0.2, 0.25) is 0 Å². The predicted octanol–water partition coefficient (Wildman–Crippen LogP) is 3.06. The van der Waals surface area contributed by atoms with Crippen LogP contribution < -0.4 is 5.32 Å². The molecule has 0 fully saturated rings. The van der Waals surface area contributed by atoms with Crippen LogP contribution in [0.4, 0.5) is 5.69 Å². The summed E-state index contributed by atoms with van der Waals surface area (Å²) in [5, 5.41) is 12.9. The number of aliphatic hydroxyl groups excluding tert-OH is 1. The van der Waals surface area contributed by atoms with Crippen LogP contribution in [0.15, 0.2) is 54.6 Å². The Morgan fingerprint density at radius 3 is 2.42 bits per heavy atom. The molecule has 0 spiro atoms. The molecule has 0 aliphatic heterocycles. The fraction of sp³-hybridized carbons (Fsp3) is 0.188. The van der Waals surface area contributed by atoms with E-state index in [4.69, 9.17) is 0 Å². The largest absolute Gasteiger partial charge is 0.388 e. The van der Waals surface area contributed by atoms with E-state index in [1.54, 1.807) is 0 Å². The van der Waals surface area contributed by atoms with Gasteiger partial charge in [-0.3, -0.25) is 4.79 Å². The van der Waals surface area contributed by atoms with Gasteiger partial charge in [-0.05, 0) is 30.2 Å². The third-order valence-corrected chi connectivity index (χ3v) is 2.98. The number of amides is 1. The van der Waals surface area contributed by atoms with Gasteiger partial charge in [0.15, 0.2) is 0 Å². The Balaban J connectivity index is 1.98. The molecule has 0 radical (unpaired) electrons. The number of aliphatic hydroxyl groups is 1. The monoisotopic (exact) mass is 255 g/mol. The first-order valence-corrected chi connectivity index (χ1v) is 6.25. The van der Waals surface area contributed by atoms with Crippen LogP contribution in [0.1, 0.15) is 23.7 Å². The van der Waals surface area contributed by atoms with Gasteiger partial charge in [-0.15, -0.1) is 0 Å². The van der Waals surface area contributed by atoms with Crippen LogP contribution in [0.5, 0.6) is 0 Å². The fourth-order valence-corrected chi connectivity index (χ4v) is 1.98. The van der Waals surface area contributed by atoms with Crippen molar-refractivity contribution in [1.82, 2.24) is 0 Å². The summed E-state index contributed by atoms with van der Waals surface area (Å²) >= 11 is 0. The van der Waals surface area contributed by atoms with Gasteiger partial charge in [0.2, 0.25) is 5.91 Å².